The molecule has 106 valence electrons. The average molecular weight is 267 g/mol. The molecule has 1 nitrogen and oxygen atoms in total. The fourth-order valence-electron chi connectivity index (χ4n) is 3.03. The third-order valence-electron chi connectivity index (χ3n) is 4.72. The van der Waals surface area contributed by atoms with Gasteiger partial charge < -0.3 is 5.73 Å². The lowest BCUT2D eigenvalue weighted by Crippen LogP contribution is -2.08. The fourth-order valence-corrected chi connectivity index (χ4v) is 3.03. The first-order valence-electron chi connectivity index (χ1n) is 7.28. The van der Waals surface area contributed by atoms with Crippen molar-refractivity contribution in [2.45, 2.75) is 47.6 Å². The number of hydrogen-bond acceptors (Lipinski definition) is 1. The minimum Gasteiger partial charge on any atom is -0.324 e. The number of hydrogen-bond donors (Lipinski definition) is 1. The van der Waals surface area contributed by atoms with Crippen LogP contribution >= 0.6 is 0 Å². The van der Waals surface area contributed by atoms with Crippen molar-refractivity contribution in [1.82, 2.24) is 0 Å². The summed E-state index contributed by atoms with van der Waals surface area (Å²) >= 11 is 0. The number of benzene rings is 2. The van der Waals surface area contributed by atoms with E-state index in [1.807, 2.05) is 0 Å². The van der Waals surface area contributed by atoms with E-state index in [1.165, 1.54) is 44.5 Å². The molecule has 1 atom stereocenters. The maximum absolute atomic E-state index is 6.16. The summed E-state index contributed by atoms with van der Waals surface area (Å²) < 4.78 is 0. The van der Waals surface area contributed by atoms with Gasteiger partial charge >= 0.3 is 0 Å². The summed E-state index contributed by atoms with van der Waals surface area (Å²) in [6.07, 6.45) is 0. The Morgan fingerprint density at radius 3 is 1.70 bits per heavy atom. The van der Waals surface area contributed by atoms with Crippen molar-refractivity contribution in [2.75, 3.05) is 0 Å². The molecule has 2 rings (SSSR count). The molecule has 0 aromatic heterocycles. The fraction of sp³-hybridized carbons (Fsp3) is 0.368. The molecule has 0 aliphatic carbocycles. The van der Waals surface area contributed by atoms with E-state index < -0.39 is 0 Å². The van der Waals surface area contributed by atoms with Gasteiger partial charge in [-0.05, 0) is 86.1 Å². The third kappa shape index (κ3) is 2.27. The zero-order valence-corrected chi connectivity index (χ0v) is 13.5. The molecule has 0 saturated heterocycles. The Labute approximate surface area is 122 Å². The molecule has 2 aromatic rings. The van der Waals surface area contributed by atoms with E-state index in [1.54, 1.807) is 0 Å². The molecule has 0 aliphatic heterocycles. The molecule has 0 fully saturated rings. The average Bonchev–Trinajstić information content (AvgIpc) is 2.43. The second-order valence-corrected chi connectivity index (χ2v) is 5.88. The first kappa shape index (κ1) is 14.8. The molecule has 0 radical (unpaired) electrons. The Balaban J connectivity index is 2.84. The largest absolute Gasteiger partial charge is 0.324 e. The maximum atomic E-state index is 6.16. The van der Waals surface area contributed by atoms with Crippen LogP contribution in [-0.4, -0.2) is 0 Å². The van der Waals surface area contributed by atoms with Crippen LogP contribution in [0.1, 0.15) is 46.3 Å². The van der Waals surface area contributed by atoms with Crippen LogP contribution in [-0.2, 0) is 0 Å². The van der Waals surface area contributed by atoms with E-state index in [9.17, 15) is 0 Å². The summed E-state index contributed by atoms with van der Waals surface area (Å²) in [5.74, 6) is 0. The Morgan fingerprint density at radius 2 is 1.20 bits per heavy atom. The highest BCUT2D eigenvalue weighted by atomic mass is 14.6. The van der Waals surface area contributed by atoms with Crippen molar-refractivity contribution >= 4 is 0 Å². The number of nitrogens with two attached hydrogens (primary N) is 1. The van der Waals surface area contributed by atoms with Gasteiger partial charge in [-0.15, -0.1) is 0 Å². The molecule has 0 saturated carbocycles. The van der Waals surface area contributed by atoms with Crippen LogP contribution in [0, 0.1) is 34.6 Å². The predicted octanol–water partition coefficient (Wildman–Crippen LogP) is 4.92. The van der Waals surface area contributed by atoms with Crippen molar-refractivity contribution in [1.29, 1.82) is 0 Å². The molecule has 0 bridgehead atoms. The zero-order chi connectivity index (χ0) is 15.0. The predicted molar refractivity (Wildman–Crippen MR) is 88.2 cm³/mol. The first-order valence-corrected chi connectivity index (χ1v) is 7.28. The lowest BCUT2D eigenvalue weighted by atomic mass is 9.84. The summed E-state index contributed by atoms with van der Waals surface area (Å²) in [5.41, 5.74) is 17.0. The topological polar surface area (TPSA) is 26.0 Å². The standard InChI is InChI=1S/C19H25N/c1-11-12(2)14(4)19(15(5)13(11)3)18-10-8-7-9-17(18)16(6)20/h7-10,16H,20H2,1-6H3. The SMILES string of the molecule is Cc1c(C)c(C)c(-c2ccccc2C(C)N)c(C)c1C. The van der Waals surface area contributed by atoms with Crippen LogP contribution in [0.25, 0.3) is 11.1 Å². The molecular weight excluding hydrogens is 242 g/mol. The van der Waals surface area contributed by atoms with Gasteiger partial charge in [0.2, 0.25) is 0 Å². The maximum Gasteiger partial charge on any atom is 0.0272 e. The smallest absolute Gasteiger partial charge is 0.0272 e. The zero-order valence-electron chi connectivity index (χ0n) is 13.5. The van der Waals surface area contributed by atoms with Crippen molar-refractivity contribution in [3.8, 4) is 11.1 Å². The van der Waals surface area contributed by atoms with Gasteiger partial charge in [-0.3, -0.25) is 0 Å². The Morgan fingerprint density at radius 1 is 0.750 bits per heavy atom. The molecule has 1 unspecified atom stereocenters. The van der Waals surface area contributed by atoms with E-state index in [4.69, 9.17) is 5.73 Å². The van der Waals surface area contributed by atoms with Crippen molar-refractivity contribution in [3.63, 3.8) is 0 Å². The molecule has 1 heteroatoms. The van der Waals surface area contributed by atoms with Crippen LogP contribution in [0.15, 0.2) is 24.3 Å². The molecule has 0 spiro atoms. The van der Waals surface area contributed by atoms with Gasteiger partial charge in [0.1, 0.15) is 0 Å². The molecule has 2 aromatic carbocycles. The Kier molecular flexibility index (Phi) is 4.01. The summed E-state index contributed by atoms with van der Waals surface area (Å²) in [6.45, 7) is 13.2. The van der Waals surface area contributed by atoms with E-state index in [0.29, 0.717) is 0 Å². The lowest BCUT2D eigenvalue weighted by Gasteiger charge is -2.22. The second-order valence-electron chi connectivity index (χ2n) is 5.88. The van der Waals surface area contributed by atoms with Gasteiger partial charge in [0.15, 0.2) is 0 Å². The molecular formula is C19H25N. The minimum atomic E-state index is 0.0481. The minimum absolute atomic E-state index is 0.0481. The lowest BCUT2D eigenvalue weighted by molar-refractivity contribution is 0.820. The van der Waals surface area contributed by atoms with Gasteiger partial charge in [-0.1, -0.05) is 24.3 Å². The normalized spacial score (nSPS) is 12.6. The van der Waals surface area contributed by atoms with Gasteiger partial charge in [0.25, 0.3) is 0 Å². The quantitative estimate of drug-likeness (QED) is 0.821. The monoisotopic (exact) mass is 267 g/mol. The Hall–Kier alpha value is -1.60. The molecule has 0 heterocycles. The highest BCUT2D eigenvalue weighted by Crippen LogP contribution is 2.36. The Bertz CT molecular complexity index is 622. The van der Waals surface area contributed by atoms with Crippen LogP contribution in [0.2, 0.25) is 0 Å². The third-order valence-corrected chi connectivity index (χ3v) is 4.72. The van der Waals surface area contributed by atoms with Crippen LogP contribution in [0.5, 0.6) is 0 Å². The first-order chi connectivity index (χ1) is 9.36. The van der Waals surface area contributed by atoms with E-state index in [0.717, 1.165) is 0 Å². The van der Waals surface area contributed by atoms with Crippen LogP contribution in [0.4, 0.5) is 0 Å². The van der Waals surface area contributed by atoms with E-state index in [2.05, 4.69) is 65.8 Å². The summed E-state index contributed by atoms with van der Waals surface area (Å²) in [4.78, 5) is 0. The molecule has 20 heavy (non-hydrogen) atoms. The van der Waals surface area contributed by atoms with Crippen molar-refractivity contribution in [3.05, 3.63) is 57.6 Å². The molecule has 2 N–H and O–H groups in total. The second kappa shape index (κ2) is 5.41. The number of rotatable bonds is 2. The molecule has 0 aliphatic rings. The summed E-state index contributed by atoms with van der Waals surface area (Å²) in [5, 5.41) is 0. The summed E-state index contributed by atoms with van der Waals surface area (Å²) in [6, 6.07) is 8.56. The van der Waals surface area contributed by atoms with E-state index in [-0.39, 0.29) is 6.04 Å². The van der Waals surface area contributed by atoms with E-state index >= 15 is 0 Å². The summed E-state index contributed by atoms with van der Waals surface area (Å²) in [7, 11) is 0. The van der Waals surface area contributed by atoms with Crippen molar-refractivity contribution < 1.29 is 0 Å². The van der Waals surface area contributed by atoms with Gasteiger partial charge in [-0.2, -0.15) is 0 Å². The van der Waals surface area contributed by atoms with Gasteiger partial charge in [0.05, 0.1) is 0 Å². The van der Waals surface area contributed by atoms with Crippen LogP contribution in [0.3, 0.4) is 0 Å². The van der Waals surface area contributed by atoms with Gasteiger partial charge in [-0.25, -0.2) is 0 Å². The highest BCUT2D eigenvalue weighted by molar-refractivity contribution is 5.77. The van der Waals surface area contributed by atoms with Gasteiger partial charge in [0, 0.05) is 6.04 Å². The van der Waals surface area contributed by atoms with Crippen molar-refractivity contribution in [2.24, 2.45) is 5.73 Å². The van der Waals surface area contributed by atoms with Crippen LogP contribution < -0.4 is 5.73 Å². The molecule has 0 amide bonds. The highest BCUT2D eigenvalue weighted by Gasteiger charge is 2.17.